The minimum Gasteiger partial charge on any atom is -0.389 e. The van der Waals surface area contributed by atoms with Gasteiger partial charge in [-0.1, -0.05) is 6.07 Å². The van der Waals surface area contributed by atoms with Crippen molar-refractivity contribution in [1.82, 2.24) is 10.3 Å². The highest BCUT2D eigenvalue weighted by atomic mass is 16.3. The lowest BCUT2D eigenvalue weighted by Crippen LogP contribution is -2.40. The van der Waals surface area contributed by atoms with Gasteiger partial charge < -0.3 is 10.4 Å². The minimum absolute atomic E-state index is 0.644. The van der Waals surface area contributed by atoms with E-state index in [4.69, 9.17) is 0 Å². The normalized spacial score (nSPS) is 19.9. The van der Waals surface area contributed by atoms with E-state index in [-0.39, 0.29) is 0 Å². The van der Waals surface area contributed by atoms with E-state index in [2.05, 4.69) is 10.3 Å². The first kappa shape index (κ1) is 10.6. The van der Waals surface area contributed by atoms with E-state index in [9.17, 15) is 5.11 Å². The van der Waals surface area contributed by atoms with Gasteiger partial charge in [0.15, 0.2) is 0 Å². The third-order valence-electron chi connectivity index (χ3n) is 2.66. The molecular formula is C12H18N2O. The van der Waals surface area contributed by atoms with Gasteiger partial charge in [-0.2, -0.15) is 0 Å². The SMILES string of the molecule is CC(O)(CNC1CC1)Cc1cccnc1. The Morgan fingerprint density at radius 3 is 3.00 bits per heavy atom. The van der Waals surface area contributed by atoms with Gasteiger partial charge >= 0.3 is 0 Å². The summed E-state index contributed by atoms with van der Waals surface area (Å²) in [6, 6.07) is 4.54. The summed E-state index contributed by atoms with van der Waals surface area (Å²) in [6.07, 6.45) is 6.72. The van der Waals surface area contributed by atoms with Crippen LogP contribution >= 0.6 is 0 Å². The van der Waals surface area contributed by atoms with Gasteiger partial charge in [0.2, 0.25) is 0 Å². The quantitative estimate of drug-likeness (QED) is 0.759. The molecule has 2 N–H and O–H groups in total. The molecule has 0 spiro atoms. The molecule has 0 aromatic carbocycles. The van der Waals surface area contributed by atoms with E-state index in [1.165, 1.54) is 12.8 Å². The van der Waals surface area contributed by atoms with E-state index in [0.29, 0.717) is 19.0 Å². The predicted octanol–water partition coefficient (Wildman–Crippen LogP) is 1.13. The van der Waals surface area contributed by atoms with Crippen LogP contribution in [0.25, 0.3) is 0 Å². The summed E-state index contributed by atoms with van der Waals surface area (Å²) < 4.78 is 0. The molecule has 1 atom stereocenters. The van der Waals surface area contributed by atoms with Crippen LogP contribution in [0.1, 0.15) is 25.3 Å². The molecule has 2 rings (SSSR count). The molecule has 0 saturated heterocycles. The Morgan fingerprint density at radius 1 is 1.60 bits per heavy atom. The summed E-state index contributed by atoms with van der Waals surface area (Å²) in [5.41, 5.74) is 0.408. The van der Waals surface area contributed by atoms with E-state index in [0.717, 1.165) is 5.56 Å². The molecule has 0 aliphatic heterocycles. The molecule has 0 amide bonds. The first-order valence-electron chi connectivity index (χ1n) is 5.50. The third kappa shape index (κ3) is 3.61. The molecule has 1 saturated carbocycles. The van der Waals surface area contributed by atoms with Crippen LogP contribution in [0.3, 0.4) is 0 Å². The lowest BCUT2D eigenvalue weighted by Gasteiger charge is -2.23. The Balaban J connectivity index is 1.85. The van der Waals surface area contributed by atoms with Gasteiger partial charge in [-0.25, -0.2) is 0 Å². The summed E-state index contributed by atoms with van der Waals surface area (Å²) >= 11 is 0. The van der Waals surface area contributed by atoms with Crippen molar-refractivity contribution in [2.75, 3.05) is 6.54 Å². The van der Waals surface area contributed by atoms with E-state index in [1.807, 2.05) is 25.3 Å². The number of nitrogens with zero attached hydrogens (tertiary/aromatic N) is 1. The molecule has 15 heavy (non-hydrogen) atoms. The van der Waals surface area contributed by atoms with Crippen molar-refractivity contribution < 1.29 is 5.11 Å². The highest BCUT2D eigenvalue weighted by molar-refractivity contribution is 5.11. The number of aliphatic hydroxyl groups is 1. The van der Waals surface area contributed by atoms with Crippen LogP contribution in [0.2, 0.25) is 0 Å². The number of aromatic nitrogens is 1. The molecule has 82 valence electrons. The standard InChI is InChI=1S/C12H18N2O/c1-12(15,9-14-11-4-5-11)7-10-3-2-6-13-8-10/h2-3,6,8,11,14-15H,4-5,7,9H2,1H3. The van der Waals surface area contributed by atoms with Crippen LogP contribution in [0.15, 0.2) is 24.5 Å². The van der Waals surface area contributed by atoms with Gasteiger partial charge in [0.1, 0.15) is 0 Å². The molecule has 0 bridgehead atoms. The number of pyridine rings is 1. The van der Waals surface area contributed by atoms with Gasteiger partial charge in [-0.15, -0.1) is 0 Å². The Hall–Kier alpha value is -0.930. The first-order valence-corrected chi connectivity index (χ1v) is 5.50. The van der Waals surface area contributed by atoms with Gasteiger partial charge in [0.05, 0.1) is 5.60 Å². The van der Waals surface area contributed by atoms with Crippen molar-refractivity contribution in [3.63, 3.8) is 0 Å². The van der Waals surface area contributed by atoms with Gasteiger partial charge in [-0.3, -0.25) is 4.98 Å². The minimum atomic E-state index is -0.675. The number of nitrogens with one attached hydrogen (secondary N) is 1. The lowest BCUT2D eigenvalue weighted by atomic mass is 9.97. The monoisotopic (exact) mass is 206 g/mol. The fourth-order valence-electron chi connectivity index (χ4n) is 1.66. The highest BCUT2D eigenvalue weighted by Gasteiger charge is 2.26. The van der Waals surface area contributed by atoms with Crippen LogP contribution in [0, 0.1) is 0 Å². The smallest absolute Gasteiger partial charge is 0.0784 e. The van der Waals surface area contributed by atoms with E-state index in [1.54, 1.807) is 6.20 Å². The number of hydrogen-bond acceptors (Lipinski definition) is 3. The summed E-state index contributed by atoms with van der Waals surface area (Å²) in [6.45, 7) is 2.53. The van der Waals surface area contributed by atoms with Gasteiger partial charge in [0, 0.05) is 31.4 Å². The first-order chi connectivity index (χ1) is 7.16. The molecule has 1 aromatic rings. The second-order valence-electron chi connectivity index (χ2n) is 4.69. The van der Waals surface area contributed by atoms with Crippen molar-refractivity contribution >= 4 is 0 Å². The molecular weight excluding hydrogens is 188 g/mol. The Morgan fingerprint density at radius 2 is 2.40 bits per heavy atom. The third-order valence-corrected chi connectivity index (χ3v) is 2.66. The fourth-order valence-corrected chi connectivity index (χ4v) is 1.66. The van der Waals surface area contributed by atoms with E-state index < -0.39 is 5.60 Å². The van der Waals surface area contributed by atoms with E-state index >= 15 is 0 Å². The fraction of sp³-hybridized carbons (Fsp3) is 0.583. The van der Waals surface area contributed by atoms with Crippen molar-refractivity contribution in [3.05, 3.63) is 30.1 Å². The molecule has 1 fully saturated rings. The second-order valence-corrected chi connectivity index (χ2v) is 4.69. The highest BCUT2D eigenvalue weighted by Crippen LogP contribution is 2.20. The molecule has 3 nitrogen and oxygen atoms in total. The van der Waals surface area contributed by atoms with Gasteiger partial charge in [-0.05, 0) is 31.4 Å². The van der Waals surface area contributed by atoms with Crippen molar-refractivity contribution in [2.45, 2.75) is 37.8 Å². The number of rotatable bonds is 5. The molecule has 0 radical (unpaired) electrons. The average Bonchev–Trinajstić information content (AvgIpc) is 2.99. The lowest BCUT2D eigenvalue weighted by molar-refractivity contribution is 0.0597. The summed E-state index contributed by atoms with van der Waals surface area (Å²) in [5, 5.41) is 13.5. The largest absolute Gasteiger partial charge is 0.389 e. The van der Waals surface area contributed by atoms with Crippen molar-refractivity contribution in [1.29, 1.82) is 0 Å². The van der Waals surface area contributed by atoms with Crippen LogP contribution in [-0.2, 0) is 6.42 Å². The topological polar surface area (TPSA) is 45.1 Å². The number of hydrogen-bond donors (Lipinski definition) is 2. The van der Waals surface area contributed by atoms with Crippen molar-refractivity contribution in [3.8, 4) is 0 Å². The molecule has 1 unspecified atom stereocenters. The maximum absolute atomic E-state index is 10.2. The van der Waals surface area contributed by atoms with Crippen LogP contribution in [0.4, 0.5) is 0 Å². The molecule has 1 aliphatic rings. The molecule has 1 aromatic heterocycles. The van der Waals surface area contributed by atoms with Crippen LogP contribution in [0.5, 0.6) is 0 Å². The second kappa shape index (κ2) is 4.29. The molecule has 3 heteroatoms. The predicted molar refractivity (Wildman–Crippen MR) is 59.6 cm³/mol. The Bertz CT molecular complexity index is 307. The maximum Gasteiger partial charge on any atom is 0.0784 e. The zero-order chi connectivity index (χ0) is 10.7. The maximum atomic E-state index is 10.2. The Kier molecular flexibility index (Phi) is 3.03. The van der Waals surface area contributed by atoms with Crippen molar-refractivity contribution in [2.24, 2.45) is 0 Å². The van der Waals surface area contributed by atoms with Crippen LogP contribution in [-0.4, -0.2) is 28.3 Å². The zero-order valence-electron chi connectivity index (χ0n) is 9.11. The molecule has 1 aliphatic carbocycles. The Labute approximate surface area is 90.5 Å². The average molecular weight is 206 g/mol. The zero-order valence-corrected chi connectivity index (χ0v) is 9.11. The summed E-state index contributed by atoms with van der Waals surface area (Å²) in [7, 11) is 0. The molecule has 1 heterocycles. The van der Waals surface area contributed by atoms with Gasteiger partial charge in [0.25, 0.3) is 0 Å². The summed E-state index contributed by atoms with van der Waals surface area (Å²) in [4.78, 5) is 4.04. The van der Waals surface area contributed by atoms with Crippen LogP contribution < -0.4 is 5.32 Å². The summed E-state index contributed by atoms with van der Waals surface area (Å²) in [5.74, 6) is 0.